The summed E-state index contributed by atoms with van der Waals surface area (Å²) in [5.41, 5.74) is 5.51. The van der Waals surface area contributed by atoms with E-state index in [4.69, 9.17) is 27.5 Å². The second-order valence-electron chi connectivity index (χ2n) is 15.1. The molecular formula is C38H58ClLiN12O10. The number of hydrogen-bond acceptors (Lipinski definition) is 16. The molecule has 13 N–H and O–H groups in total. The van der Waals surface area contributed by atoms with Crippen LogP contribution in [0.3, 0.4) is 0 Å². The van der Waals surface area contributed by atoms with Crippen LogP contribution in [0, 0.1) is 0 Å². The minimum atomic E-state index is -1.06. The molecule has 6 aromatic heterocycles. The first-order valence-corrected chi connectivity index (χ1v) is 18.6. The SMILES string of the molecule is CC(=O)c1cnn2ccc(Cl)nc12.CC(=O)c1cnn2ccc(NCCC(C)(C)O)nc12.CC(C)(O)CCN.CC(C)(O)CCNc1ccn2ncc(C(=O)O)c2n1.O.O.[Li+].[OH-]. The second-order valence-corrected chi connectivity index (χ2v) is 15.5. The average molecular weight is 885 g/mol. The summed E-state index contributed by atoms with van der Waals surface area (Å²) >= 11 is 5.69. The molecule has 0 saturated heterocycles. The number of Topliss-reactive ketones (excluding diaryl/α,β-unsaturated/α-hetero) is 2. The van der Waals surface area contributed by atoms with Gasteiger partial charge in [-0.3, -0.25) is 9.59 Å². The Kier molecular flexibility index (Phi) is 24.5. The number of hydrogen-bond donors (Lipinski definition) is 7. The molecule has 0 bridgehead atoms. The van der Waals surface area contributed by atoms with Gasteiger partial charge >= 0.3 is 24.8 Å². The molecular weight excluding hydrogens is 827 g/mol. The molecule has 62 heavy (non-hydrogen) atoms. The van der Waals surface area contributed by atoms with E-state index in [1.165, 1.54) is 41.5 Å². The number of aromatic carboxylic acids is 1. The zero-order valence-corrected chi connectivity index (χ0v) is 37.1. The third kappa shape index (κ3) is 19.3. The zero-order chi connectivity index (χ0) is 43.4. The van der Waals surface area contributed by atoms with Gasteiger partial charge in [0.25, 0.3) is 0 Å². The van der Waals surface area contributed by atoms with Crippen molar-refractivity contribution in [1.82, 2.24) is 43.8 Å². The van der Waals surface area contributed by atoms with Gasteiger partial charge in [-0.2, -0.15) is 15.3 Å². The Morgan fingerprint density at radius 2 is 0.984 bits per heavy atom. The molecule has 0 aliphatic carbocycles. The van der Waals surface area contributed by atoms with Gasteiger partial charge < -0.3 is 53.2 Å². The molecule has 0 aromatic carbocycles. The molecule has 6 heterocycles. The number of aromatic nitrogens is 9. The van der Waals surface area contributed by atoms with Crippen molar-refractivity contribution in [2.24, 2.45) is 5.73 Å². The van der Waals surface area contributed by atoms with Crippen molar-refractivity contribution in [3.8, 4) is 0 Å². The standard InChI is InChI=1S/C13H18N4O2.C12H16N4O3.C8H6ClN3O.C5H13NO.Li.3H2O/c1-9(18)10-8-15-17-7-4-11(16-12(10)17)14-6-5-13(2,3)19;1-12(2,19)4-5-13-9-3-6-16-10(15-9)8(7-14-16)11(17)18;1-5(13)6-4-10-12-3-2-7(9)11-8(6)12;1-5(2,7)3-4-6;;;;/h4,7-8,19H,5-6H2,1-3H3,(H,14,16);3,6-7,19H,4-5H2,1-2H3,(H,13,15)(H,17,18);2-4H,1H3;7H,3-4,6H2,1-2H3;;3*1H2/q;;;;+1;;;/p-1. The molecule has 0 atom stereocenters. The Labute approximate surface area is 375 Å². The zero-order valence-electron chi connectivity index (χ0n) is 36.4. The molecule has 6 aromatic rings. The normalized spacial score (nSPS) is 10.8. The third-order valence-corrected chi connectivity index (χ3v) is 8.11. The first kappa shape index (κ1) is 59.0. The number of carbonyl (C=O) groups is 3. The Balaban J connectivity index is 0. The molecule has 0 aliphatic heterocycles. The second kappa shape index (κ2) is 25.7. The summed E-state index contributed by atoms with van der Waals surface area (Å²) in [5.74, 6) is 0.0385. The fourth-order valence-electron chi connectivity index (χ4n) is 4.78. The molecule has 0 saturated carbocycles. The number of rotatable bonds is 13. The number of nitrogens with one attached hydrogen (secondary N) is 2. The van der Waals surface area contributed by atoms with Crippen LogP contribution in [-0.2, 0) is 0 Å². The fourth-order valence-corrected chi connectivity index (χ4v) is 4.91. The van der Waals surface area contributed by atoms with Crippen molar-refractivity contribution in [3.05, 3.63) is 77.2 Å². The molecule has 24 heteroatoms. The van der Waals surface area contributed by atoms with Gasteiger partial charge in [0.05, 0.1) is 46.5 Å². The Hall–Kier alpha value is -5.12. The Morgan fingerprint density at radius 1 is 0.645 bits per heavy atom. The third-order valence-electron chi connectivity index (χ3n) is 7.90. The molecule has 338 valence electrons. The molecule has 0 radical (unpaired) electrons. The maximum atomic E-state index is 11.4. The van der Waals surface area contributed by atoms with Crippen LogP contribution in [0.25, 0.3) is 16.9 Å². The minimum absolute atomic E-state index is 0. The van der Waals surface area contributed by atoms with Crippen molar-refractivity contribution >= 4 is 57.7 Å². The summed E-state index contributed by atoms with van der Waals surface area (Å²) in [4.78, 5) is 46.1. The van der Waals surface area contributed by atoms with Gasteiger partial charge in [-0.15, -0.1) is 0 Å². The van der Waals surface area contributed by atoms with Gasteiger partial charge in [-0.05, 0) is 99.4 Å². The molecule has 0 unspecified atom stereocenters. The summed E-state index contributed by atoms with van der Waals surface area (Å²) < 4.78 is 4.49. The van der Waals surface area contributed by atoms with E-state index in [0.717, 1.165) is 0 Å². The number of ketones is 2. The van der Waals surface area contributed by atoms with Crippen LogP contribution in [0.4, 0.5) is 11.6 Å². The Bertz CT molecular complexity index is 2210. The predicted octanol–water partition coefficient (Wildman–Crippen LogP) is -0.626. The molecule has 0 fully saturated rings. The van der Waals surface area contributed by atoms with Crippen LogP contribution in [0.1, 0.15) is 106 Å². The predicted molar refractivity (Wildman–Crippen MR) is 229 cm³/mol. The van der Waals surface area contributed by atoms with Crippen LogP contribution >= 0.6 is 11.6 Å². The van der Waals surface area contributed by atoms with E-state index >= 15 is 0 Å². The van der Waals surface area contributed by atoms with Gasteiger partial charge in [0.15, 0.2) is 28.5 Å². The number of carboxylic acid groups (broad SMARTS) is 1. The van der Waals surface area contributed by atoms with Crippen molar-refractivity contribution in [2.45, 2.75) is 91.5 Å². The van der Waals surface area contributed by atoms with Crippen molar-refractivity contribution < 1.29 is 70.1 Å². The van der Waals surface area contributed by atoms with Crippen LogP contribution < -0.4 is 35.2 Å². The number of fused-ring (bicyclic) bond motifs is 3. The molecule has 0 amide bonds. The summed E-state index contributed by atoms with van der Waals surface area (Å²) in [6, 6.07) is 5.11. The molecule has 0 aliphatic rings. The van der Waals surface area contributed by atoms with Crippen molar-refractivity contribution in [3.63, 3.8) is 0 Å². The summed E-state index contributed by atoms with van der Waals surface area (Å²) in [7, 11) is 0. The van der Waals surface area contributed by atoms with Crippen LogP contribution in [0.15, 0.2) is 55.4 Å². The smallest absolute Gasteiger partial charge is 0.870 e. The van der Waals surface area contributed by atoms with Gasteiger partial charge in [-0.25, -0.2) is 33.3 Å². The number of halogens is 1. The van der Waals surface area contributed by atoms with E-state index in [-0.39, 0.29) is 52.4 Å². The number of aliphatic hydroxyl groups is 3. The summed E-state index contributed by atoms with van der Waals surface area (Å²) in [5, 5.41) is 55.6. The van der Waals surface area contributed by atoms with Gasteiger partial charge in [0.2, 0.25) is 0 Å². The maximum absolute atomic E-state index is 11.4. The van der Waals surface area contributed by atoms with E-state index in [9.17, 15) is 24.6 Å². The molecule has 22 nitrogen and oxygen atoms in total. The number of carbonyl (C=O) groups excluding carboxylic acids is 2. The minimum Gasteiger partial charge on any atom is -0.870 e. The average Bonchev–Trinajstić information content (AvgIpc) is 3.84. The van der Waals surface area contributed by atoms with Crippen LogP contribution in [0.5, 0.6) is 0 Å². The number of nitrogens with two attached hydrogens (primary N) is 1. The maximum Gasteiger partial charge on any atom is 1.00 e. The van der Waals surface area contributed by atoms with E-state index in [0.29, 0.717) is 83.8 Å². The first-order chi connectivity index (χ1) is 27.0. The van der Waals surface area contributed by atoms with Gasteiger partial charge in [0.1, 0.15) is 22.4 Å². The van der Waals surface area contributed by atoms with E-state index in [1.807, 2.05) is 0 Å². The fraction of sp³-hybridized carbons (Fsp3) is 0.447. The first-order valence-electron chi connectivity index (χ1n) is 18.3. The number of nitrogens with zero attached hydrogens (tertiary/aromatic N) is 9. The van der Waals surface area contributed by atoms with Gasteiger partial charge in [0, 0.05) is 31.7 Å². The van der Waals surface area contributed by atoms with Crippen molar-refractivity contribution in [1.29, 1.82) is 0 Å². The topological polar surface area (TPSA) is 366 Å². The number of anilines is 2. The molecule has 6 rings (SSSR count). The largest absolute Gasteiger partial charge is 1.00 e. The van der Waals surface area contributed by atoms with Crippen LogP contribution in [0.2, 0.25) is 5.15 Å². The van der Waals surface area contributed by atoms with E-state index < -0.39 is 22.8 Å². The quantitative estimate of drug-likeness (QED) is 0.0431. The van der Waals surface area contributed by atoms with E-state index in [2.05, 4.69) is 40.9 Å². The van der Waals surface area contributed by atoms with Crippen molar-refractivity contribution in [2.75, 3.05) is 30.3 Å². The van der Waals surface area contributed by atoms with Gasteiger partial charge in [-0.1, -0.05) is 11.6 Å². The number of carboxylic acids is 1. The summed E-state index contributed by atoms with van der Waals surface area (Å²) in [6.45, 7) is 15.1. The molecule has 0 spiro atoms. The summed E-state index contributed by atoms with van der Waals surface area (Å²) in [6.07, 6.45) is 11.2. The monoisotopic (exact) mass is 884 g/mol. The van der Waals surface area contributed by atoms with E-state index in [1.54, 1.807) is 82.8 Å². The Morgan fingerprint density at radius 3 is 1.31 bits per heavy atom. The van der Waals surface area contributed by atoms with Crippen LogP contribution in [-0.4, -0.2) is 135 Å².